The molecule has 0 saturated carbocycles. The number of benzene rings is 2. The number of rotatable bonds is 5. The number of hydrogen-bond acceptors (Lipinski definition) is 4. The number of nitro benzene ring substituents is 1. The van der Waals surface area contributed by atoms with Crippen LogP contribution in [0, 0.1) is 10.1 Å². The molecular formula is C14H12Cl2N2O3. The first-order valence-corrected chi connectivity index (χ1v) is 6.80. The number of hydrogen-bond donors (Lipinski definition) is 1. The second-order valence-corrected chi connectivity index (χ2v) is 5.06. The Balaban J connectivity index is 2.24. The predicted molar refractivity (Wildman–Crippen MR) is 83.4 cm³/mol. The van der Waals surface area contributed by atoms with Crippen molar-refractivity contribution in [1.29, 1.82) is 0 Å². The van der Waals surface area contributed by atoms with Gasteiger partial charge in [0.05, 0.1) is 9.95 Å². The first-order valence-electron chi connectivity index (χ1n) is 6.04. The smallest absolute Gasteiger partial charge is 0.269 e. The van der Waals surface area contributed by atoms with Crippen molar-refractivity contribution in [2.24, 2.45) is 0 Å². The van der Waals surface area contributed by atoms with E-state index in [1.54, 1.807) is 31.3 Å². The molecule has 0 radical (unpaired) electrons. The third-order valence-corrected chi connectivity index (χ3v) is 3.39. The minimum absolute atomic E-state index is 0.00444. The van der Waals surface area contributed by atoms with Gasteiger partial charge in [-0.2, -0.15) is 0 Å². The van der Waals surface area contributed by atoms with Crippen molar-refractivity contribution in [3.05, 3.63) is 62.1 Å². The number of anilines is 1. The van der Waals surface area contributed by atoms with E-state index in [1.807, 2.05) is 0 Å². The van der Waals surface area contributed by atoms with Crippen LogP contribution in [0.25, 0.3) is 0 Å². The van der Waals surface area contributed by atoms with Gasteiger partial charge in [-0.3, -0.25) is 10.1 Å². The molecule has 0 atom stereocenters. The maximum Gasteiger partial charge on any atom is 0.269 e. The molecule has 0 spiro atoms. The van der Waals surface area contributed by atoms with E-state index >= 15 is 0 Å². The molecule has 0 unspecified atom stereocenters. The average molecular weight is 327 g/mol. The molecule has 0 amide bonds. The minimum Gasteiger partial charge on any atom is -0.487 e. The fraction of sp³-hybridized carbons (Fsp3) is 0.143. The van der Waals surface area contributed by atoms with Crippen molar-refractivity contribution in [2.75, 3.05) is 12.4 Å². The van der Waals surface area contributed by atoms with Crippen molar-refractivity contribution in [3.63, 3.8) is 0 Å². The lowest BCUT2D eigenvalue weighted by Crippen LogP contribution is -2.02. The van der Waals surface area contributed by atoms with Crippen LogP contribution in [0.4, 0.5) is 11.4 Å². The summed E-state index contributed by atoms with van der Waals surface area (Å²) in [6.45, 7) is 0.137. The van der Waals surface area contributed by atoms with E-state index in [9.17, 15) is 10.1 Å². The molecule has 7 heteroatoms. The standard InChI is InChI=1S/C14H12Cl2N2O3/c1-17-13-5-3-11(18(19)20)6-9(13)8-21-14-7-10(15)2-4-12(14)16/h2-7,17H,8H2,1H3. The zero-order valence-electron chi connectivity index (χ0n) is 11.1. The fourth-order valence-corrected chi connectivity index (χ4v) is 2.13. The van der Waals surface area contributed by atoms with E-state index in [-0.39, 0.29) is 12.3 Å². The van der Waals surface area contributed by atoms with E-state index in [0.29, 0.717) is 21.4 Å². The summed E-state index contributed by atoms with van der Waals surface area (Å²) in [5.41, 5.74) is 1.41. The molecule has 0 aromatic heterocycles. The van der Waals surface area contributed by atoms with Gasteiger partial charge in [-0.1, -0.05) is 23.2 Å². The van der Waals surface area contributed by atoms with E-state index < -0.39 is 4.92 Å². The number of non-ortho nitro benzene ring substituents is 1. The van der Waals surface area contributed by atoms with E-state index in [1.165, 1.54) is 12.1 Å². The summed E-state index contributed by atoms with van der Waals surface area (Å²) >= 11 is 11.9. The summed E-state index contributed by atoms with van der Waals surface area (Å²) in [7, 11) is 1.73. The van der Waals surface area contributed by atoms with Gasteiger partial charge in [0.25, 0.3) is 5.69 Å². The molecule has 0 heterocycles. The van der Waals surface area contributed by atoms with E-state index in [0.717, 1.165) is 5.69 Å². The summed E-state index contributed by atoms with van der Waals surface area (Å²) in [6.07, 6.45) is 0. The fourth-order valence-electron chi connectivity index (χ4n) is 1.80. The van der Waals surface area contributed by atoms with Gasteiger partial charge in [0, 0.05) is 41.5 Å². The van der Waals surface area contributed by atoms with Crippen LogP contribution in [0.1, 0.15) is 5.56 Å². The molecule has 2 aromatic rings. The molecule has 0 saturated heterocycles. The highest BCUT2D eigenvalue weighted by Gasteiger charge is 2.11. The van der Waals surface area contributed by atoms with Gasteiger partial charge in [0.1, 0.15) is 12.4 Å². The lowest BCUT2D eigenvalue weighted by molar-refractivity contribution is -0.384. The van der Waals surface area contributed by atoms with E-state index in [2.05, 4.69) is 5.32 Å². The highest BCUT2D eigenvalue weighted by molar-refractivity contribution is 6.34. The predicted octanol–water partition coefficient (Wildman–Crippen LogP) is 4.52. The maximum atomic E-state index is 10.8. The Morgan fingerprint density at radius 3 is 2.67 bits per heavy atom. The van der Waals surface area contributed by atoms with Crippen LogP contribution >= 0.6 is 23.2 Å². The highest BCUT2D eigenvalue weighted by atomic mass is 35.5. The topological polar surface area (TPSA) is 64.4 Å². The quantitative estimate of drug-likeness (QED) is 0.648. The Kier molecular flexibility index (Phi) is 4.88. The van der Waals surface area contributed by atoms with Gasteiger partial charge in [-0.15, -0.1) is 0 Å². The lowest BCUT2D eigenvalue weighted by Gasteiger charge is -2.12. The van der Waals surface area contributed by atoms with Crippen molar-refractivity contribution >= 4 is 34.6 Å². The second-order valence-electron chi connectivity index (χ2n) is 4.21. The summed E-state index contributed by atoms with van der Waals surface area (Å²) in [5, 5.41) is 14.7. The van der Waals surface area contributed by atoms with Crippen molar-refractivity contribution in [3.8, 4) is 5.75 Å². The number of nitrogens with one attached hydrogen (secondary N) is 1. The Morgan fingerprint density at radius 1 is 1.24 bits per heavy atom. The number of ether oxygens (including phenoxy) is 1. The zero-order chi connectivity index (χ0) is 15.4. The third-order valence-electron chi connectivity index (χ3n) is 2.85. The number of halogens is 2. The molecule has 2 rings (SSSR count). The molecule has 2 aromatic carbocycles. The Morgan fingerprint density at radius 2 is 2.00 bits per heavy atom. The van der Waals surface area contributed by atoms with Crippen LogP contribution in [-0.4, -0.2) is 12.0 Å². The summed E-state index contributed by atoms with van der Waals surface area (Å²) in [4.78, 5) is 10.4. The van der Waals surface area contributed by atoms with Crippen LogP contribution in [0.5, 0.6) is 5.75 Å². The Bertz CT molecular complexity index is 677. The first kappa shape index (κ1) is 15.4. The SMILES string of the molecule is CNc1ccc([N+](=O)[O-])cc1COc1cc(Cl)ccc1Cl. The number of nitrogens with zero attached hydrogens (tertiary/aromatic N) is 1. The highest BCUT2D eigenvalue weighted by Crippen LogP contribution is 2.30. The van der Waals surface area contributed by atoms with Gasteiger partial charge in [-0.25, -0.2) is 0 Å². The molecule has 21 heavy (non-hydrogen) atoms. The summed E-state index contributed by atoms with van der Waals surface area (Å²) in [6, 6.07) is 9.41. The summed E-state index contributed by atoms with van der Waals surface area (Å²) < 4.78 is 5.60. The van der Waals surface area contributed by atoms with Crippen molar-refractivity contribution < 1.29 is 9.66 Å². The van der Waals surface area contributed by atoms with Crippen LogP contribution < -0.4 is 10.1 Å². The van der Waals surface area contributed by atoms with Gasteiger partial charge in [-0.05, 0) is 18.2 Å². The molecule has 0 aliphatic rings. The van der Waals surface area contributed by atoms with Gasteiger partial charge in [0.15, 0.2) is 0 Å². The largest absolute Gasteiger partial charge is 0.487 e. The van der Waals surface area contributed by atoms with E-state index in [4.69, 9.17) is 27.9 Å². The van der Waals surface area contributed by atoms with Crippen LogP contribution in [0.2, 0.25) is 10.0 Å². The average Bonchev–Trinajstić information content (AvgIpc) is 2.47. The van der Waals surface area contributed by atoms with Gasteiger partial charge in [0.2, 0.25) is 0 Å². The maximum absolute atomic E-state index is 10.8. The van der Waals surface area contributed by atoms with Crippen LogP contribution in [0.3, 0.4) is 0 Å². The molecule has 0 bridgehead atoms. The molecule has 5 nitrogen and oxygen atoms in total. The van der Waals surface area contributed by atoms with Crippen molar-refractivity contribution in [1.82, 2.24) is 0 Å². The molecule has 0 aliphatic carbocycles. The Labute approximate surface area is 131 Å². The second kappa shape index (κ2) is 6.65. The molecular weight excluding hydrogens is 315 g/mol. The first-order chi connectivity index (χ1) is 10.0. The number of nitro groups is 1. The van der Waals surface area contributed by atoms with Crippen LogP contribution in [-0.2, 0) is 6.61 Å². The lowest BCUT2D eigenvalue weighted by atomic mass is 10.1. The van der Waals surface area contributed by atoms with Gasteiger partial charge < -0.3 is 10.1 Å². The third kappa shape index (κ3) is 3.77. The van der Waals surface area contributed by atoms with Crippen LogP contribution in [0.15, 0.2) is 36.4 Å². The molecule has 110 valence electrons. The molecule has 1 N–H and O–H groups in total. The van der Waals surface area contributed by atoms with Gasteiger partial charge >= 0.3 is 0 Å². The summed E-state index contributed by atoms with van der Waals surface area (Å²) in [5.74, 6) is 0.428. The zero-order valence-corrected chi connectivity index (χ0v) is 12.6. The normalized spacial score (nSPS) is 10.2. The Hall–Kier alpha value is -1.98. The minimum atomic E-state index is -0.449. The van der Waals surface area contributed by atoms with Crippen molar-refractivity contribution in [2.45, 2.75) is 6.61 Å². The molecule has 0 aliphatic heterocycles. The molecule has 0 fully saturated rings. The monoisotopic (exact) mass is 326 g/mol.